The van der Waals surface area contributed by atoms with Crippen LogP contribution in [0.4, 0.5) is 5.95 Å². The van der Waals surface area contributed by atoms with Crippen molar-refractivity contribution in [3.05, 3.63) is 16.7 Å². The third-order valence-electron chi connectivity index (χ3n) is 4.77. The molecule has 2 heterocycles. The number of fused-ring (bicyclic) bond motifs is 1. The second kappa shape index (κ2) is 11.2. The summed E-state index contributed by atoms with van der Waals surface area (Å²) in [7, 11) is 0. The molecule has 0 spiro atoms. The van der Waals surface area contributed by atoms with Crippen LogP contribution in [0.15, 0.2) is 11.1 Å². The van der Waals surface area contributed by atoms with Crippen LogP contribution in [0.1, 0.15) is 27.7 Å². The predicted molar refractivity (Wildman–Crippen MR) is 119 cm³/mol. The number of nitrogen functional groups attached to an aromatic ring is 1. The van der Waals surface area contributed by atoms with Gasteiger partial charge in [0.1, 0.15) is 25.5 Å². The molecule has 0 saturated carbocycles. The van der Waals surface area contributed by atoms with Gasteiger partial charge in [-0.25, -0.2) is 9.78 Å². The molecular weight excluding hydrogens is 442 g/mol. The van der Waals surface area contributed by atoms with Gasteiger partial charge in [0.2, 0.25) is 11.9 Å². The van der Waals surface area contributed by atoms with Gasteiger partial charge < -0.3 is 26.3 Å². The molecule has 12 nitrogen and oxygen atoms in total. The molecule has 2 aromatic heterocycles. The summed E-state index contributed by atoms with van der Waals surface area (Å²) in [4.78, 5) is 47.1. The third-order valence-corrected chi connectivity index (χ3v) is 5.11. The van der Waals surface area contributed by atoms with Crippen LogP contribution in [-0.4, -0.2) is 62.1 Å². The maximum Gasteiger partial charge on any atom is 0.328 e. The number of alkyl halides is 1. The van der Waals surface area contributed by atoms with E-state index in [9.17, 15) is 14.4 Å². The van der Waals surface area contributed by atoms with E-state index in [-0.39, 0.29) is 48.2 Å². The first-order chi connectivity index (χ1) is 15.0. The lowest BCUT2D eigenvalue weighted by molar-refractivity contribution is -0.153. The van der Waals surface area contributed by atoms with E-state index in [0.29, 0.717) is 0 Å². The van der Waals surface area contributed by atoms with Gasteiger partial charge in [0.15, 0.2) is 11.2 Å². The number of carbonyl (C=O) groups is 2. The lowest BCUT2D eigenvalue weighted by Crippen LogP contribution is -2.52. The number of ether oxygens (including phenoxy) is 2. The Morgan fingerprint density at radius 3 is 2.56 bits per heavy atom. The Bertz CT molecular complexity index is 990. The zero-order valence-corrected chi connectivity index (χ0v) is 19.3. The molecule has 0 bridgehead atoms. The third kappa shape index (κ3) is 6.40. The van der Waals surface area contributed by atoms with E-state index >= 15 is 0 Å². The van der Waals surface area contributed by atoms with Crippen LogP contribution in [-0.2, 0) is 25.8 Å². The van der Waals surface area contributed by atoms with Crippen molar-refractivity contribution in [1.82, 2.24) is 24.8 Å². The van der Waals surface area contributed by atoms with Gasteiger partial charge in [-0.1, -0.05) is 27.7 Å². The fourth-order valence-corrected chi connectivity index (χ4v) is 2.88. The van der Waals surface area contributed by atoms with E-state index in [4.69, 9.17) is 32.5 Å². The Hall–Kier alpha value is -2.70. The Morgan fingerprint density at radius 2 is 1.97 bits per heavy atom. The number of anilines is 1. The first kappa shape index (κ1) is 25.6. The molecule has 0 fully saturated rings. The van der Waals surface area contributed by atoms with Crippen LogP contribution in [0.2, 0.25) is 0 Å². The SMILES string of the molecule is CC(C)[C@H](N)C(=O)N[C@H](C(=O)OCC(CCl)OCn1cnc2c(=O)[nH]c(N)nc21)C(C)C. The normalized spacial score (nSPS) is 14.5. The fraction of sp³-hybridized carbons (Fsp3) is 0.632. The minimum absolute atomic E-state index is 0.0347. The molecule has 0 aromatic carbocycles. The summed E-state index contributed by atoms with van der Waals surface area (Å²) < 4.78 is 12.5. The number of hydrogen-bond donors (Lipinski definition) is 4. The van der Waals surface area contributed by atoms with Gasteiger partial charge in [-0.05, 0) is 11.8 Å². The van der Waals surface area contributed by atoms with Gasteiger partial charge in [-0.15, -0.1) is 11.6 Å². The number of aromatic amines is 1. The Labute approximate surface area is 190 Å². The molecular formula is C19H30ClN7O5. The van der Waals surface area contributed by atoms with Gasteiger partial charge in [-0.3, -0.25) is 19.1 Å². The zero-order chi connectivity index (χ0) is 24.0. The molecule has 3 atom stereocenters. The quantitative estimate of drug-likeness (QED) is 0.258. The number of H-pyrrole nitrogens is 1. The summed E-state index contributed by atoms with van der Waals surface area (Å²) in [6, 6.07) is -1.59. The minimum Gasteiger partial charge on any atom is -0.461 e. The number of rotatable bonds is 11. The van der Waals surface area contributed by atoms with Crippen molar-refractivity contribution >= 4 is 40.6 Å². The summed E-state index contributed by atoms with van der Waals surface area (Å²) >= 11 is 5.94. The summed E-state index contributed by atoms with van der Waals surface area (Å²) in [6.45, 7) is 7.02. The standard InChI is InChI=1S/C19H30ClN7O5/c1-9(2)12(21)16(28)24-13(10(3)4)18(30)31-6-11(5-20)32-8-27-7-23-14-15(27)25-19(22)26-17(14)29/h7,9-13H,5-6,8,21H2,1-4H3,(H,24,28)(H3,22,25,26,29)/t11?,12-,13-/m0/s1. The highest BCUT2D eigenvalue weighted by Gasteiger charge is 2.29. The first-order valence-corrected chi connectivity index (χ1v) is 10.7. The van der Waals surface area contributed by atoms with E-state index in [1.165, 1.54) is 10.9 Å². The van der Waals surface area contributed by atoms with E-state index in [1.54, 1.807) is 13.8 Å². The van der Waals surface area contributed by atoms with Crippen molar-refractivity contribution in [3.63, 3.8) is 0 Å². The number of nitrogens with two attached hydrogens (primary N) is 2. The molecule has 2 aromatic rings. The number of aromatic nitrogens is 4. The molecule has 0 aliphatic carbocycles. The molecule has 32 heavy (non-hydrogen) atoms. The van der Waals surface area contributed by atoms with Crippen LogP contribution in [0.3, 0.4) is 0 Å². The summed E-state index contributed by atoms with van der Waals surface area (Å²) in [5.74, 6) is -1.34. The first-order valence-electron chi connectivity index (χ1n) is 10.2. The lowest BCUT2D eigenvalue weighted by Gasteiger charge is -2.25. The molecule has 178 valence electrons. The highest BCUT2D eigenvalue weighted by molar-refractivity contribution is 6.18. The second-order valence-electron chi connectivity index (χ2n) is 8.04. The summed E-state index contributed by atoms with van der Waals surface area (Å²) in [5.41, 5.74) is 11.3. The number of carbonyl (C=O) groups excluding carboxylic acids is 2. The van der Waals surface area contributed by atoms with Crippen molar-refractivity contribution < 1.29 is 19.1 Å². The number of halogens is 1. The van der Waals surface area contributed by atoms with Gasteiger partial charge >= 0.3 is 5.97 Å². The largest absolute Gasteiger partial charge is 0.461 e. The van der Waals surface area contributed by atoms with E-state index in [0.717, 1.165) is 0 Å². The average molecular weight is 472 g/mol. The lowest BCUT2D eigenvalue weighted by atomic mass is 10.0. The molecule has 6 N–H and O–H groups in total. The van der Waals surface area contributed by atoms with Gasteiger partial charge in [0, 0.05) is 0 Å². The van der Waals surface area contributed by atoms with Crippen LogP contribution >= 0.6 is 11.6 Å². The molecule has 1 amide bonds. The fourth-order valence-electron chi connectivity index (χ4n) is 2.70. The van der Waals surface area contributed by atoms with E-state index in [1.807, 2.05) is 13.8 Å². The molecule has 1 unspecified atom stereocenters. The highest BCUT2D eigenvalue weighted by atomic mass is 35.5. The zero-order valence-electron chi connectivity index (χ0n) is 18.5. The molecule has 0 aliphatic rings. The summed E-state index contributed by atoms with van der Waals surface area (Å²) in [5, 5.41) is 2.65. The minimum atomic E-state index is -0.861. The van der Waals surface area contributed by atoms with Crippen molar-refractivity contribution in [1.29, 1.82) is 0 Å². The number of amides is 1. The van der Waals surface area contributed by atoms with Crippen molar-refractivity contribution in [2.24, 2.45) is 17.6 Å². The molecule has 0 aliphatic heterocycles. The van der Waals surface area contributed by atoms with Crippen molar-refractivity contribution in [2.45, 2.75) is 52.6 Å². The van der Waals surface area contributed by atoms with E-state index < -0.39 is 35.6 Å². The van der Waals surface area contributed by atoms with Gasteiger partial charge in [0.05, 0.1) is 18.2 Å². The Balaban J connectivity index is 1.96. The number of imidazole rings is 1. The Morgan fingerprint density at radius 1 is 1.28 bits per heavy atom. The molecule has 2 rings (SSSR count). The maximum atomic E-state index is 12.6. The number of hydrogen-bond acceptors (Lipinski definition) is 9. The number of esters is 1. The van der Waals surface area contributed by atoms with Crippen LogP contribution in [0.25, 0.3) is 11.2 Å². The number of nitrogens with zero attached hydrogens (tertiary/aromatic N) is 3. The van der Waals surface area contributed by atoms with Crippen LogP contribution in [0.5, 0.6) is 0 Å². The average Bonchev–Trinajstić information content (AvgIpc) is 3.13. The monoisotopic (exact) mass is 471 g/mol. The highest BCUT2D eigenvalue weighted by Crippen LogP contribution is 2.10. The maximum absolute atomic E-state index is 12.6. The van der Waals surface area contributed by atoms with Crippen molar-refractivity contribution in [2.75, 3.05) is 18.2 Å². The van der Waals surface area contributed by atoms with Crippen LogP contribution < -0.4 is 22.3 Å². The number of nitrogens with one attached hydrogen (secondary N) is 2. The smallest absolute Gasteiger partial charge is 0.328 e. The van der Waals surface area contributed by atoms with Crippen molar-refractivity contribution in [3.8, 4) is 0 Å². The van der Waals surface area contributed by atoms with Gasteiger partial charge in [0.25, 0.3) is 5.56 Å². The second-order valence-corrected chi connectivity index (χ2v) is 8.35. The summed E-state index contributed by atoms with van der Waals surface area (Å²) in [6.07, 6.45) is 0.727. The molecule has 0 radical (unpaired) electrons. The van der Waals surface area contributed by atoms with Gasteiger partial charge in [-0.2, -0.15) is 4.98 Å². The molecule has 13 heteroatoms. The topological polar surface area (TPSA) is 180 Å². The predicted octanol–water partition coefficient (Wildman–Crippen LogP) is -0.0494. The molecule has 0 saturated heterocycles. The Kier molecular flexibility index (Phi) is 8.99. The van der Waals surface area contributed by atoms with Crippen LogP contribution in [0, 0.1) is 11.8 Å². The van der Waals surface area contributed by atoms with E-state index in [2.05, 4.69) is 20.3 Å².